The third kappa shape index (κ3) is 2.03. The Morgan fingerprint density at radius 3 is 2.88 bits per heavy atom. The Hall–Kier alpha value is -1.91. The van der Waals surface area contributed by atoms with E-state index in [-0.39, 0.29) is 12.3 Å². The zero-order valence-electron chi connectivity index (χ0n) is 9.21. The van der Waals surface area contributed by atoms with Gasteiger partial charge in [0.2, 0.25) is 0 Å². The zero-order valence-corrected chi connectivity index (χ0v) is 9.21. The second-order valence-electron chi connectivity index (χ2n) is 4.04. The molecule has 0 aromatic carbocycles. The Kier molecular flexibility index (Phi) is 2.60. The van der Waals surface area contributed by atoms with Gasteiger partial charge in [-0.3, -0.25) is 4.79 Å². The molecule has 2 heterocycles. The van der Waals surface area contributed by atoms with Crippen molar-refractivity contribution in [3.05, 3.63) is 29.7 Å². The number of hydrogen-bond acceptors (Lipinski definition) is 3. The summed E-state index contributed by atoms with van der Waals surface area (Å²) in [4.78, 5) is 14.9. The van der Waals surface area contributed by atoms with Crippen molar-refractivity contribution in [3.63, 3.8) is 0 Å². The third-order valence-electron chi connectivity index (χ3n) is 2.28. The van der Waals surface area contributed by atoms with Gasteiger partial charge in [-0.05, 0) is 11.6 Å². The number of carboxylic acids is 1. The van der Waals surface area contributed by atoms with Crippen molar-refractivity contribution >= 4 is 11.6 Å². The normalized spacial score (nSPS) is 11.2. The molecule has 0 unspecified atom stereocenters. The molecule has 0 spiro atoms. The lowest BCUT2D eigenvalue weighted by molar-refractivity contribution is -0.136. The van der Waals surface area contributed by atoms with E-state index in [0.717, 1.165) is 17.0 Å². The largest absolute Gasteiger partial charge is 0.481 e. The highest BCUT2D eigenvalue weighted by atomic mass is 16.4. The Morgan fingerprint density at radius 1 is 1.50 bits per heavy atom. The first-order chi connectivity index (χ1) is 7.56. The van der Waals surface area contributed by atoms with Crippen LogP contribution in [-0.4, -0.2) is 25.7 Å². The van der Waals surface area contributed by atoms with E-state index in [1.807, 2.05) is 13.8 Å². The van der Waals surface area contributed by atoms with Gasteiger partial charge >= 0.3 is 5.97 Å². The number of nitrogens with zero attached hydrogens (tertiary/aromatic N) is 3. The Morgan fingerprint density at radius 2 is 2.25 bits per heavy atom. The minimum absolute atomic E-state index is 0.00676. The molecule has 5 nitrogen and oxygen atoms in total. The zero-order chi connectivity index (χ0) is 11.7. The molecule has 0 aliphatic carbocycles. The SMILES string of the molecule is CC(C)c1nc2ccc(CC(=O)O)cn2n1. The molecule has 0 fully saturated rings. The first-order valence-corrected chi connectivity index (χ1v) is 5.13. The van der Waals surface area contributed by atoms with E-state index in [0.29, 0.717) is 0 Å². The van der Waals surface area contributed by atoms with Gasteiger partial charge in [0.1, 0.15) is 0 Å². The monoisotopic (exact) mass is 219 g/mol. The molecule has 0 amide bonds. The van der Waals surface area contributed by atoms with Gasteiger partial charge in [0, 0.05) is 12.1 Å². The molecule has 0 bridgehead atoms. The highest BCUT2D eigenvalue weighted by molar-refractivity contribution is 5.70. The maximum atomic E-state index is 10.6. The van der Waals surface area contributed by atoms with E-state index in [4.69, 9.17) is 5.11 Å². The van der Waals surface area contributed by atoms with Crippen molar-refractivity contribution in [2.75, 3.05) is 0 Å². The van der Waals surface area contributed by atoms with Gasteiger partial charge in [0.25, 0.3) is 0 Å². The maximum absolute atomic E-state index is 10.6. The number of hydrogen-bond donors (Lipinski definition) is 1. The summed E-state index contributed by atoms with van der Waals surface area (Å²) < 4.78 is 1.63. The summed E-state index contributed by atoms with van der Waals surface area (Å²) in [5.41, 5.74) is 1.47. The van der Waals surface area contributed by atoms with Crippen LogP contribution in [0.25, 0.3) is 5.65 Å². The van der Waals surface area contributed by atoms with Crippen molar-refractivity contribution in [2.24, 2.45) is 0 Å². The molecule has 0 aliphatic rings. The fraction of sp³-hybridized carbons (Fsp3) is 0.364. The second kappa shape index (κ2) is 3.92. The van der Waals surface area contributed by atoms with Crippen LogP contribution in [0.4, 0.5) is 0 Å². The second-order valence-corrected chi connectivity index (χ2v) is 4.04. The highest BCUT2D eigenvalue weighted by Crippen LogP contribution is 2.12. The maximum Gasteiger partial charge on any atom is 0.307 e. The minimum atomic E-state index is -0.844. The molecule has 0 saturated heterocycles. The fourth-order valence-electron chi connectivity index (χ4n) is 1.47. The molecule has 0 radical (unpaired) electrons. The summed E-state index contributed by atoms with van der Waals surface area (Å²) in [6.45, 7) is 4.04. The summed E-state index contributed by atoms with van der Waals surface area (Å²) in [5, 5.41) is 13.0. The Labute approximate surface area is 92.7 Å². The van der Waals surface area contributed by atoms with E-state index < -0.39 is 5.97 Å². The summed E-state index contributed by atoms with van der Waals surface area (Å²) in [6.07, 6.45) is 1.72. The molecular weight excluding hydrogens is 206 g/mol. The predicted molar refractivity (Wildman–Crippen MR) is 58.4 cm³/mol. The summed E-state index contributed by atoms with van der Waals surface area (Å²) in [5.74, 6) is 0.193. The Bertz CT molecular complexity index is 531. The van der Waals surface area contributed by atoms with E-state index in [1.54, 1.807) is 22.8 Å². The lowest BCUT2D eigenvalue weighted by Gasteiger charge is -1.97. The van der Waals surface area contributed by atoms with Crippen LogP contribution in [0.1, 0.15) is 31.2 Å². The number of carbonyl (C=O) groups is 1. The smallest absolute Gasteiger partial charge is 0.307 e. The molecule has 5 heteroatoms. The molecule has 84 valence electrons. The van der Waals surface area contributed by atoms with Crippen LogP contribution < -0.4 is 0 Å². The van der Waals surface area contributed by atoms with Gasteiger partial charge in [0.15, 0.2) is 11.5 Å². The van der Waals surface area contributed by atoms with Crippen LogP contribution in [0.2, 0.25) is 0 Å². The first kappa shape index (κ1) is 10.6. The number of aromatic nitrogens is 3. The van der Waals surface area contributed by atoms with Crippen LogP contribution in [0, 0.1) is 0 Å². The van der Waals surface area contributed by atoms with Crippen molar-refractivity contribution in [2.45, 2.75) is 26.2 Å². The summed E-state index contributed by atoms with van der Waals surface area (Å²) >= 11 is 0. The first-order valence-electron chi connectivity index (χ1n) is 5.13. The molecule has 0 aliphatic heterocycles. The topological polar surface area (TPSA) is 67.5 Å². The minimum Gasteiger partial charge on any atom is -0.481 e. The standard InChI is InChI=1S/C11H13N3O2/c1-7(2)11-12-9-4-3-8(5-10(15)16)6-14(9)13-11/h3-4,6-7H,5H2,1-2H3,(H,15,16). The van der Waals surface area contributed by atoms with Crippen LogP contribution in [0.5, 0.6) is 0 Å². The summed E-state index contributed by atoms with van der Waals surface area (Å²) in [6, 6.07) is 3.55. The number of fused-ring (bicyclic) bond motifs is 1. The molecule has 2 aromatic rings. The highest BCUT2D eigenvalue weighted by Gasteiger charge is 2.08. The molecule has 16 heavy (non-hydrogen) atoms. The predicted octanol–water partition coefficient (Wildman–Crippen LogP) is 1.48. The van der Waals surface area contributed by atoms with E-state index in [2.05, 4.69) is 10.1 Å². The number of pyridine rings is 1. The Balaban J connectivity index is 2.41. The van der Waals surface area contributed by atoms with E-state index in [1.165, 1.54) is 0 Å². The van der Waals surface area contributed by atoms with Crippen molar-refractivity contribution in [1.82, 2.24) is 14.6 Å². The average Bonchev–Trinajstić information content (AvgIpc) is 2.59. The summed E-state index contributed by atoms with van der Waals surface area (Å²) in [7, 11) is 0. The van der Waals surface area contributed by atoms with Crippen molar-refractivity contribution < 1.29 is 9.90 Å². The van der Waals surface area contributed by atoms with Gasteiger partial charge in [-0.15, -0.1) is 0 Å². The molecule has 1 N–H and O–H groups in total. The lowest BCUT2D eigenvalue weighted by Crippen LogP contribution is -2.01. The quantitative estimate of drug-likeness (QED) is 0.849. The molecule has 2 rings (SSSR count). The fourth-order valence-corrected chi connectivity index (χ4v) is 1.47. The van der Waals surface area contributed by atoms with Crippen LogP contribution >= 0.6 is 0 Å². The van der Waals surface area contributed by atoms with Gasteiger partial charge in [-0.25, -0.2) is 9.50 Å². The molecule has 2 aromatic heterocycles. The van der Waals surface area contributed by atoms with Gasteiger partial charge in [0.05, 0.1) is 6.42 Å². The van der Waals surface area contributed by atoms with Crippen molar-refractivity contribution in [1.29, 1.82) is 0 Å². The van der Waals surface area contributed by atoms with Crippen LogP contribution in [0.3, 0.4) is 0 Å². The molecule has 0 atom stereocenters. The van der Waals surface area contributed by atoms with Crippen LogP contribution in [-0.2, 0) is 11.2 Å². The lowest BCUT2D eigenvalue weighted by atomic mass is 10.2. The van der Waals surface area contributed by atoms with Gasteiger partial charge in [-0.1, -0.05) is 19.9 Å². The molecule has 0 saturated carbocycles. The van der Waals surface area contributed by atoms with Gasteiger partial charge in [-0.2, -0.15) is 5.10 Å². The van der Waals surface area contributed by atoms with Crippen molar-refractivity contribution in [3.8, 4) is 0 Å². The number of aliphatic carboxylic acids is 1. The third-order valence-corrected chi connectivity index (χ3v) is 2.28. The van der Waals surface area contributed by atoms with E-state index >= 15 is 0 Å². The van der Waals surface area contributed by atoms with Crippen LogP contribution in [0.15, 0.2) is 18.3 Å². The van der Waals surface area contributed by atoms with Gasteiger partial charge < -0.3 is 5.11 Å². The average molecular weight is 219 g/mol. The molecular formula is C11H13N3O2. The van der Waals surface area contributed by atoms with E-state index in [9.17, 15) is 4.79 Å². The number of rotatable bonds is 3. The number of carboxylic acid groups (broad SMARTS) is 1.